The van der Waals surface area contributed by atoms with Gasteiger partial charge >= 0.3 is 0 Å². The molecule has 5 heteroatoms. The Kier molecular flexibility index (Phi) is 3.73. The average molecular weight is 252 g/mol. The van der Waals surface area contributed by atoms with Gasteiger partial charge in [-0.2, -0.15) is 0 Å². The van der Waals surface area contributed by atoms with Gasteiger partial charge in [0, 0.05) is 11.2 Å². The lowest BCUT2D eigenvalue weighted by Gasteiger charge is -1.99. The van der Waals surface area contributed by atoms with Gasteiger partial charge in [0.1, 0.15) is 5.75 Å². The van der Waals surface area contributed by atoms with Crippen molar-refractivity contribution >= 4 is 26.7 Å². The molecule has 0 aliphatic rings. The molecule has 68 valence electrons. The van der Waals surface area contributed by atoms with Gasteiger partial charge < -0.3 is 5.11 Å². The Labute approximate surface area is 82.2 Å². The maximum atomic E-state index is 11.1. The first kappa shape index (κ1) is 11.4. The van der Waals surface area contributed by atoms with E-state index in [-0.39, 0.29) is 22.7 Å². The first-order chi connectivity index (χ1) is 5.00. The van der Waals surface area contributed by atoms with Crippen LogP contribution in [0.3, 0.4) is 0 Å². The highest BCUT2D eigenvalue weighted by Gasteiger charge is 2.00. The minimum Gasteiger partial charge on any atom is -0.508 e. The molecule has 0 radical (unpaired) electrons. The molecule has 0 amide bonds. The summed E-state index contributed by atoms with van der Waals surface area (Å²) < 4.78 is 18.3. The molecule has 12 heavy (non-hydrogen) atoms. The number of phenols is 1. The van der Waals surface area contributed by atoms with E-state index in [9.17, 15) is 4.21 Å². The van der Waals surface area contributed by atoms with E-state index in [1.54, 1.807) is 0 Å². The van der Waals surface area contributed by atoms with Crippen LogP contribution in [0.15, 0.2) is 29.2 Å². The number of phenolic OH excluding ortho intramolecular Hbond substituents is 1. The van der Waals surface area contributed by atoms with Crippen molar-refractivity contribution in [1.29, 1.82) is 4.78 Å². The highest BCUT2D eigenvalue weighted by molar-refractivity contribution is 8.93. The first-order valence-electron chi connectivity index (χ1n) is 3.03. The fraction of sp³-hybridized carbons (Fsp3) is 0.143. The zero-order chi connectivity index (χ0) is 8.48. The summed E-state index contributed by atoms with van der Waals surface area (Å²) >= 11 is 0. The molecular formula is C7H10BrNO2S. The Morgan fingerprint density at radius 3 is 2.08 bits per heavy atom. The number of rotatable bonds is 1. The van der Waals surface area contributed by atoms with Gasteiger partial charge in [0.05, 0.1) is 9.73 Å². The Balaban J connectivity index is 0.00000121. The molecule has 1 aromatic carbocycles. The van der Waals surface area contributed by atoms with Crippen LogP contribution >= 0.6 is 17.0 Å². The maximum absolute atomic E-state index is 11.1. The van der Waals surface area contributed by atoms with E-state index in [1.807, 2.05) is 0 Å². The lowest BCUT2D eigenvalue weighted by atomic mass is 10.3. The minimum atomic E-state index is -2.63. The summed E-state index contributed by atoms with van der Waals surface area (Å²) in [6.07, 6.45) is 1.35. The van der Waals surface area contributed by atoms with Gasteiger partial charge in [0.2, 0.25) is 0 Å². The molecule has 0 aromatic heterocycles. The summed E-state index contributed by atoms with van der Waals surface area (Å²) in [6.45, 7) is 0. The Bertz CT molecular complexity index is 344. The molecule has 0 heterocycles. The summed E-state index contributed by atoms with van der Waals surface area (Å²) in [6, 6.07) is 5.83. The Morgan fingerprint density at radius 2 is 1.75 bits per heavy atom. The third kappa shape index (κ3) is 2.83. The van der Waals surface area contributed by atoms with Gasteiger partial charge in [-0.05, 0) is 24.3 Å². The molecule has 2 N–H and O–H groups in total. The lowest BCUT2D eigenvalue weighted by Crippen LogP contribution is -1.92. The zero-order valence-corrected chi connectivity index (χ0v) is 9.01. The monoisotopic (exact) mass is 251 g/mol. The van der Waals surface area contributed by atoms with Crippen LogP contribution in [-0.2, 0) is 9.73 Å². The molecule has 1 rings (SSSR count). The van der Waals surface area contributed by atoms with Crippen molar-refractivity contribution < 1.29 is 9.32 Å². The summed E-state index contributed by atoms with van der Waals surface area (Å²) in [4.78, 5) is 0.440. The number of hydrogen-bond acceptors (Lipinski definition) is 3. The molecule has 0 saturated carbocycles. The van der Waals surface area contributed by atoms with Gasteiger partial charge in [0.15, 0.2) is 0 Å². The molecule has 0 bridgehead atoms. The molecule has 1 aromatic rings. The van der Waals surface area contributed by atoms with Crippen LogP contribution in [0.1, 0.15) is 0 Å². The molecular weight excluding hydrogens is 242 g/mol. The maximum Gasteiger partial charge on any atom is 0.115 e. The van der Waals surface area contributed by atoms with Crippen LogP contribution < -0.4 is 0 Å². The third-order valence-corrected chi connectivity index (χ3v) is 2.46. The molecule has 0 aliphatic carbocycles. The van der Waals surface area contributed by atoms with E-state index in [0.29, 0.717) is 4.90 Å². The van der Waals surface area contributed by atoms with Crippen molar-refractivity contribution in [3.8, 4) is 5.75 Å². The summed E-state index contributed by atoms with van der Waals surface area (Å²) in [5, 5.41) is 8.87. The standard InChI is InChI=1S/C7H9NO2S.BrH/c1-11(8,10)7-4-2-6(9)3-5-7;/h2-5,8-9H,1H3;1H. The number of hydrogen-bond donors (Lipinski definition) is 2. The van der Waals surface area contributed by atoms with E-state index in [2.05, 4.69) is 0 Å². The van der Waals surface area contributed by atoms with Crippen molar-refractivity contribution in [3.63, 3.8) is 0 Å². The molecule has 0 fully saturated rings. The number of halogens is 1. The quantitative estimate of drug-likeness (QED) is 0.803. The van der Waals surface area contributed by atoms with E-state index >= 15 is 0 Å². The number of aromatic hydroxyl groups is 1. The van der Waals surface area contributed by atoms with Gasteiger partial charge in [-0.3, -0.25) is 0 Å². The summed E-state index contributed by atoms with van der Waals surface area (Å²) in [7, 11) is -2.63. The van der Waals surface area contributed by atoms with Gasteiger partial charge in [-0.15, -0.1) is 17.0 Å². The van der Waals surface area contributed by atoms with E-state index in [4.69, 9.17) is 9.89 Å². The Hall–Kier alpha value is -0.550. The first-order valence-corrected chi connectivity index (χ1v) is 4.99. The molecule has 0 saturated heterocycles. The minimum absolute atomic E-state index is 0. The third-order valence-electron chi connectivity index (χ3n) is 1.29. The van der Waals surface area contributed by atoms with Crippen LogP contribution in [0.5, 0.6) is 5.75 Å². The van der Waals surface area contributed by atoms with E-state index in [1.165, 1.54) is 30.5 Å². The normalized spacial score (nSPS) is 14.4. The van der Waals surface area contributed by atoms with Crippen molar-refractivity contribution in [2.75, 3.05) is 6.26 Å². The van der Waals surface area contributed by atoms with Crippen molar-refractivity contribution in [2.24, 2.45) is 0 Å². The van der Waals surface area contributed by atoms with E-state index < -0.39 is 9.73 Å². The topological polar surface area (TPSA) is 61.2 Å². The molecule has 0 aliphatic heterocycles. The fourth-order valence-corrected chi connectivity index (χ4v) is 1.36. The number of nitrogens with one attached hydrogen (secondary N) is 1. The van der Waals surface area contributed by atoms with Crippen molar-refractivity contribution in [3.05, 3.63) is 24.3 Å². The highest BCUT2D eigenvalue weighted by Crippen LogP contribution is 2.13. The molecule has 0 spiro atoms. The molecule has 1 unspecified atom stereocenters. The van der Waals surface area contributed by atoms with Gasteiger partial charge in [-0.25, -0.2) is 8.99 Å². The molecule has 3 nitrogen and oxygen atoms in total. The highest BCUT2D eigenvalue weighted by atomic mass is 79.9. The Morgan fingerprint density at radius 1 is 1.33 bits per heavy atom. The SMILES string of the molecule is Br.CS(=N)(=O)c1ccc(O)cc1. The van der Waals surface area contributed by atoms with Crippen LogP contribution in [0.2, 0.25) is 0 Å². The second-order valence-electron chi connectivity index (χ2n) is 2.34. The molecule has 1 atom stereocenters. The van der Waals surface area contributed by atoms with Gasteiger partial charge in [-0.1, -0.05) is 0 Å². The second kappa shape index (κ2) is 3.91. The average Bonchev–Trinajstić information content (AvgIpc) is 1.86. The van der Waals surface area contributed by atoms with Crippen LogP contribution in [0.4, 0.5) is 0 Å². The van der Waals surface area contributed by atoms with Gasteiger partial charge in [0.25, 0.3) is 0 Å². The fourth-order valence-electron chi connectivity index (χ4n) is 0.706. The second-order valence-corrected chi connectivity index (χ2v) is 4.50. The predicted molar refractivity (Wildman–Crippen MR) is 53.5 cm³/mol. The summed E-state index contributed by atoms with van der Waals surface area (Å²) in [5.41, 5.74) is 0. The largest absolute Gasteiger partial charge is 0.508 e. The number of benzene rings is 1. The lowest BCUT2D eigenvalue weighted by molar-refractivity contribution is 0.475. The summed E-state index contributed by atoms with van der Waals surface area (Å²) in [5.74, 6) is 0.123. The van der Waals surface area contributed by atoms with Crippen LogP contribution in [0, 0.1) is 4.78 Å². The predicted octanol–water partition coefficient (Wildman–Crippen LogP) is 2.01. The van der Waals surface area contributed by atoms with E-state index in [0.717, 1.165) is 0 Å². The van der Waals surface area contributed by atoms with Crippen molar-refractivity contribution in [1.82, 2.24) is 0 Å². The zero-order valence-electron chi connectivity index (χ0n) is 6.48. The smallest absolute Gasteiger partial charge is 0.115 e. The van der Waals surface area contributed by atoms with Crippen LogP contribution in [-0.4, -0.2) is 15.6 Å². The van der Waals surface area contributed by atoms with Crippen molar-refractivity contribution in [2.45, 2.75) is 4.90 Å². The van der Waals surface area contributed by atoms with Crippen LogP contribution in [0.25, 0.3) is 0 Å².